The smallest absolute Gasteiger partial charge is 0.308 e. The molecule has 0 radical (unpaired) electrons. The normalized spacial score (nSPS) is 12.2. The number of nitrogens with one attached hydrogen (secondary N) is 1. The summed E-state index contributed by atoms with van der Waals surface area (Å²) >= 11 is 0. The molecule has 0 bridgehead atoms. The molecule has 3 heterocycles. The van der Waals surface area contributed by atoms with Gasteiger partial charge in [-0.3, -0.25) is 9.78 Å². The van der Waals surface area contributed by atoms with E-state index in [1.54, 1.807) is 36.0 Å². The molecule has 2 N–H and O–H groups in total. The topological polar surface area (TPSA) is 106 Å². The van der Waals surface area contributed by atoms with Crippen LogP contribution in [-0.4, -0.2) is 42.6 Å². The molecule has 1 unspecified atom stereocenters. The number of carbonyl (C=O) groups is 1. The van der Waals surface area contributed by atoms with Crippen LogP contribution >= 0.6 is 0 Å². The largest absolute Gasteiger partial charge is 0.481 e. The molecule has 170 valence electrons. The average molecular weight is 456 g/mol. The maximum absolute atomic E-state index is 14.7. The van der Waals surface area contributed by atoms with Gasteiger partial charge in [0.25, 0.3) is 0 Å². The van der Waals surface area contributed by atoms with Crippen LogP contribution < -0.4 is 5.32 Å². The Balaban J connectivity index is 1.41. The number of hydrogen-bond acceptors (Lipinski definition) is 6. The van der Waals surface area contributed by atoms with Crippen molar-refractivity contribution in [3.63, 3.8) is 0 Å². The van der Waals surface area contributed by atoms with Crippen molar-refractivity contribution in [1.29, 1.82) is 0 Å². The number of aliphatic carboxylic acids is 1. The molecule has 0 amide bonds. The third kappa shape index (κ3) is 4.27. The molecular weight excluding hydrogens is 435 g/mol. The second kappa shape index (κ2) is 8.86. The molecule has 0 aliphatic rings. The summed E-state index contributed by atoms with van der Waals surface area (Å²) in [5.41, 5.74) is 4.64. The molecule has 0 aliphatic carbocycles. The van der Waals surface area contributed by atoms with E-state index in [-0.39, 0.29) is 12.2 Å². The van der Waals surface area contributed by atoms with E-state index < -0.39 is 17.7 Å². The van der Waals surface area contributed by atoms with Gasteiger partial charge < -0.3 is 10.4 Å². The lowest BCUT2D eigenvalue weighted by Crippen LogP contribution is -2.20. The highest BCUT2D eigenvalue weighted by Gasteiger charge is 2.14. The van der Waals surface area contributed by atoms with E-state index in [0.717, 1.165) is 16.5 Å². The van der Waals surface area contributed by atoms with Gasteiger partial charge in [0.1, 0.15) is 11.3 Å². The Bertz CT molecular complexity index is 1520. The van der Waals surface area contributed by atoms with Crippen molar-refractivity contribution in [3.8, 4) is 11.3 Å². The van der Waals surface area contributed by atoms with Gasteiger partial charge in [-0.2, -0.15) is 0 Å². The monoisotopic (exact) mass is 456 g/mol. The first kappa shape index (κ1) is 21.4. The van der Waals surface area contributed by atoms with Gasteiger partial charge in [-0.1, -0.05) is 30.3 Å². The molecule has 0 saturated heterocycles. The van der Waals surface area contributed by atoms with E-state index in [4.69, 9.17) is 10.1 Å². The Hall–Kier alpha value is -4.40. The fourth-order valence-corrected chi connectivity index (χ4v) is 3.69. The van der Waals surface area contributed by atoms with Crippen LogP contribution in [0.25, 0.3) is 33.3 Å². The summed E-state index contributed by atoms with van der Waals surface area (Å²) in [6, 6.07) is 18.2. The van der Waals surface area contributed by atoms with Gasteiger partial charge in [-0.05, 0) is 48.0 Å². The third-order valence-electron chi connectivity index (χ3n) is 5.64. The second-order valence-electron chi connectivity index (χ2n) is 8.13. The number of hydrogen-bond donors (Lipinski definition) is 2. The lowest BCUT2D eigenvalue weighted by molar-refractivity contribution is -0.140. The van der Waals surface area contributed by atoms with E-state index in [1.165, 1.54) is 6.07 Å². The third-order valence-corrected chi connectivity index (χ3v) is 5.64. The van der Waals surface area contributed by atoms with Gasteiger partial charge in [0.05, 0.1) is 29.4 Å². The zero-order valence-electron chi connectivity index (χ0n) is 18.3. The number of anilines is 1. The number of carboxylic acids is 1. The van der Waals surface area contributed by atoms with Crippen molar-refractivity contribution < 1.29 is 14.3 Å². The van der Waals surface area contributed by atoms with Crippen molar-refractivity contribution in [2.24, 2.45) is 5.92 Å². The minimum absolute atomic E-state index is 0.130. The predicted molar refractivity (Wildman–Crippen MR) is 127 cm³/mol. The van der Waals surface area contributed by atoms with Crippen LogP contribution in [-0.2, 0) is 11.3 Å². The molecule has 8 nitrogen and oxygen atoms in total. The van der Waals surface area contributed by atoms with Gasteiger partial charge >= 0.3 is 5.97 Å². The quantitative estimate of drug-likeness (QED) is 0.375. The van der Waals surface area contributed by atoms with E-state index >= 15 is 0 Å². The van der Waals surface area contributed by atoms with Gasteiger partial charge in [0.15, 0.2) is 5.65 Å². The highest BCUT2D eigenvalue weighted by Crippen LogP contribution is 2.25. The molecule has 5 aromatic rings. The first-order valence-electron chi connectivity index (χ1n) is 10.8. The number of rotatable bonds is 7. The van der Waals surface area contributed by atoms with Crippen molar-refractivity contribution in [2.75, 3.05) is 11.9 Å². The van der Waals surface area contributed by atoms with Gasteiger partial charge in [0, 0.05) is 23.7 Å². The summed E-state index contributed by atoms with van der Waals surface area (Å²) in [5.74, 6) is -2.05. The minimum Gasteiger partial charge on any atom is -0.481 e. The summed E-state index contributed by atoms with van der Waals surface area (Å²) < 4.78 is 16.4. The van der Waals surface area contributed by atoms with Gasteiger partial charge in [-0.15, -0.1) is 5.10 Å². The van der Waals surface area contributed by atoms with Crippen LogP contribution in [0.3, 0.4) is 0 Å². The molecule has 0 spiro atoms. The van der Waals surface area contributed by atoms with E-state index in [0.29, 0.717) is 29.0 Å². The van der Waals surface area contributed by atoms with Gasteiger partial charge in [0.2, 0.25) is 0 Å². The summed E-state index contributed by atoms with van der Waals surface area (Å²) in [4.78, 5) is 20.0. The Kier molecular flexibility index (Phi) is 5.59. The molecule has 2 aromatic carbocycles. The lowest BCUT2D eigenvalue weighted by Gasteiger charge is -2.11. The van der Waals surface area contributed by atoms with E-state index in [2.05, 4.69) is 26.7 Å². The fourth-order valence-electron chi connectivity index (χ4n) is 3.69. The van der Waals surface area contributed by atoms with Crippen molar-refractivity contribution >= 4 is 33.7 Å². The van der Waals surface area contributed by atoms with Crippen molar-refractivity contribution in [3.05, 3.63) is 78.2 Å². The Labute approximate surface area is 194 Å². The Morgan fingerprint density at radius 3 is 2.79 bits per heavy atom. The number of pyridine rings is 2. The zero-order valence-corrected chi connectivity index (χ0v) is 18.3. The summed E-state index contributed by atoms with van der Waals surface area (Å²) in [7, 11) is 0. The number of fused-ring (bicyclic) bond motifs is 2. The van der Waals surface area contributed by atoms with Crippen LogP contribution in [0.5, 0.6) is 0 Å². The number of halogens is 1. The van der Waals surface area contributed by atoms with Crippen LogP contribution in [0.15, 0.2) is 66.9 Å². The number of nitrogens with zero attached hydrogens (tertiary/aromatic N) is 5. The standard InChI is InChI=1S/C25H21FN6O2/c1-15(25(33)34)13-28-22-7-5-18(12-19(22)26)21-8-9-23-24(29-21)32(31-30-23)14-16-4-6-20-17(11-16)3-2-10-27-20/h2-12,15,28H,13-14H2,1H3,(H,33,34). The maximum Gasteiger partial charge on any atom is 0.308 e. The molecule has 5 rings (SSSR count). The highest BCUT2D eigenvalue weighted by atomic mass is 19.1. The summed E-state index contributed by atoms with van der Waals surface area (Å²) in [6.45, 7) is 2.18. The van der Waals surface area contributed by atoms with Crippen LogP contribution in [0.4, 0.5) is 10.1 Å². The zero-order chi connectivity index (χ0) is 23.7. The van der Waals surface area contributed by atoms with Gasteiger partial charge in [-0.25, -0.2) is 14.1 Å². The Morgan fingerprint density at radius 1 is 1.12 bits per heavy atom. The molecule has 1 atom stereocenters. The molecule has 3 aromatic heterocycles. The lowest BCUT2D eigenvalue weighted by atomic mass is 10.1. The number of carboxylic acid groups (broad SMARTS) is 1. The fraction of sp³-hybridized carbons (Fsp3) is 0.160. The molecule has 34 heavy (non-hydrogen) atoms. The number of benzene rings is 2. The van der Waals surface area contributed by atoms with Crippen LogP contribution in [0.2, 0.25) is 0 Å². The molecule has 9 heteroatoms. The van der Waals surface area contributed by atoms with Crippen molar-refractivity contribution in [2.45, 2.75) is 13.5 Å². The summed E-state index contributed by atoms with van der Waals surface area (Å²) in [5, 5.41) is 21.3. The van der Waals surface area contributed by atoms with E-state index in [1.807, 2.05) is 30.3 Å². The second-order valence-corrected chi connectivity index (χ2v) is 8.13. The first-order valence-corrected chi connectivity index (χ1v) is 10.8. The SMILES string of the molecule is CC(CNc1ccc(-c2ccc3nnn(Cc4ccc5ncccc5c4)c3n2)cc1F)C(=O)O. The molecule has 0 fully saturated rings. The highest BCUT2D eigenvalue weighted by molar-refractivity contribution is 5.79. The maximum atomic E-state index is 14.7. The summed E-state index contributed by atoms with van der Waals surface area (Å²) in [6.07, 6.45) is 1.76. The van der Waals surface area contributed by atoms with E-state index in [9.17, 15) is 9.18 Å². The van der Waals surface area contributed by atoms with Crippen molar-refractivity contribution in [1.82, 2.24) is 25.0 Å². The Morgan fingerprint density at radius 2 is 1.97 bits per heavy atom. The van der Waals surface area contributed by atoms with Crippen LogP contribution in [0.1, 0.15) is 12.5 Å². The minimum atomic E-state index is -0.937. The molecular formula is C25H21FN6O2. The molecule has 0 saturated carbocycles. The first-order chi connectivity index (χ1) is 16.5. The average Bonchev–Trinajstić information content (AvgIpc) is 3.24. The molecule has 0 aliphatic heterocycles. The predicted octanol–water partition coefficient (Wildman–Crippen LogP) is 4.36. The van der Waals surface area contributed by atoms with Crippen LogP contribution in [0, 0.1) is 11.7 Å². The number of aromatic nitrogens is 5.